The van der Waals surface area contributed by atoms with Crippen molar-refractivity contribution < 1.29 is 4.79 Å². The minimum Gasteiger partial charge on any atom is -0.338 e. The van der Waals surface area contributed by atoms with Crippen molar-refractivity contribution in [2.75, 3.05) is 48.8 Å². The average Bonchev–Trinajstić information content (AvgIpc) is 3.30. The zero-order valence-corrected chi connectivity index (χ0v) is 20.9. The number of piperazine rings is 1. The Kier molecular flexibility index (Phi) is 7.10. The van der Waals surface area contributed by atoms with E-state index in [1.54, 1.807) is 12.1 Å². The highest BCUT2D eigenvalue weighted by Gasteiger charge is 2.19. The van der Waals surface area contributed by atoms with Gasteiger partial charge in [-0.15, -0.1) is 0 Å². The Balaban J connectivity index is 1.33. The summed E-state index contributed by atoms with van der Waals surface area (Å²) < 4.78 is 0. The number of aryl methyl sites for hydroxylation is 1. The van der Waals surface area contributed by atoms with Crippen LogP contribution in [0.5, 0.6) is 0 Å². The van der Waals surface area contributed by atoms with Crippen molar-refractivity contribution in [1.29, 1.82) is 0 Å². The van der Waals surface area contributed by atoms with Crippen molar-refractivity contribution in [2.24, 2.45) is 0 Å². The molecule has 0 aliphatic carbocycles. The summed E-state index contributed by atoms with van der Waals surface area (Å²) in [7, 11) is 2.12. The van der Waals surface area contributed by atoms with E-state index in [-0.39, 0.29) is 5.91 Å². The van der Waals surface area contributed by atoms with E-state index in [4.69, 9.17) is 4.98 Å². The lowest BCUT2D eigenvalue weighted by atomic mass is 10.2. The molecule has 5 rings (SSSR count). The van der Waals surface area contributed by atoms with Gasteiger partial charge >= 0.3 is 0 Å². The minimum atomic E-state index is -0.144. The van der Waals surface area contributed by atoms with E-state index >= 15 is 0 Å². The standard InChI is InChI=1S/C25H27N9OS/c1-17-16-21(32-31-17)27-23-28-24(34-14-12-33(2)13-15-34)30-25(29-23)36-20-10-8-19(9-11-20)26-22(35)18-6-4-3-5-7-18/h3-11,16H,12-15H2,1-2H3,(H,26,35)(H2,27,28,29,30,31,32). The number of carbonyl (C=O) groups excluding carboxylic acids is 1. The Labute approximate surface area is 213 Å². The SMILES string of the molecule is Cc1cc(Nc2nc(Sc3ccc(NC(=O)c4ccccc4)cc3)nc(N3CCN(C)CC3)n2)n[nH]1. The molecule has 3 heterocycles. The Morgan fingerprint density at radius 3 is 2.42 bits per heavy atom. The quantitative estimate of drug-likeness (QED) is 0.348. The number of carbonyl (C=O) groups is 1. The first-order chi connectivity index (χ1) is 17.5. The Morgan fingerprint density at radius 1 is 0.972 bits per heavy atom. The Morgan fingerprint density at radius 2 is 1.72 bits per heavy atom. The van der Waals surface area contributed by atoms with Crippen molar-refractivity contribution in [3.63, 3.8) is 0 Å². The van der Waals surface area contributed by atoms with Gasteiger partial charge in [-0.05, 0) is 62.1 Å². The number of rotatable bonds is 7. The summed E-state index contributed by atoms with van der Waals surface area (Å²) in [6.45, 7) is 5.54. The molecule has 1 aliphatic heterocycles. The van der Waals surface area contributed by atoms with E-state index in [0.717, 1.165) is 42.5 Å². The van der Waals surface area contributed by atoms with E-state index in [1.165, 1.54) is 11.8 Å². The third-order valence-corrected chi connectivity index (χ3v) is 6.57. The molecule has 10 nitrogen and oxygen atoms in total. The highest BCUT2D eigenvalue weighted by molar-refractivity contribution is 7.99. The number of nitrogens with one attached hydrogen (secondary N) is 3. The van der Waals surface area contributed by atoms with Crippen LogP contribution in [0.4, 0.5) is 23.4 Å². The highest BCUT2D eigenvalue weighted by atomic mass is 32.2. The van der Waals surface area contributed by atoms with E-state index in [9.17, 15) is 4.79 Å². The predicted molar refractivity (Wildman–Crippen MR) is 141 cm³/mol. The molecule has 0 atom stereocenters. The third-order valence-electron chi connectivity index (χ3n) is 5.69. The number of anilines is 4. The molecular formula is C25H27N9OS. The number of nitrogens with zero attached hydrogens (tertiary/aromatic N) is 6. The van der Waals surface area contributed by atoms with E-state index < -0.39 is 0 Å². The summed E-state index contributed by atoms with van der Waals surface area (Å²) in [5.74, 6) is 1.59. The second-order valence-electron chi connectivity index (χ2n) is 8.54. The fraction of sp³-hybridized carbons (Fsp3) is 0.240. The maximum atomic E-state index is 12.4. The summed E-state index contributed by atoms with van der Waals surface area (Å²) in [5.41, 5.74) is 2.28. The highest BCUT2D eigenvalue weighted by Crippen LogP contribution is 2.28. The summed E-state index contributed by atoms with van der Waals surface area (Å²) in [6.07, 6.45) is 0. The molecule has 0 radical (unpaired) electrons. The van der Waals surface area contributed by atoms with Crippen LogP contribution in [0, 0.1) is 6.92 Å². The van der Waals surface area contributed by atoms with Crippen LogP contribution in [0.15, 0.2) is 70.7 Å². The maximum absolute atomic E-state index is 12.4. The van der Waals surface area contributed by atoms with Crippen LogP contribution >= 0.6 is 11.8 Å². The number of amides is 1. The van der Waals surface area contributed by atoms with Gasteiger partial charge < -0.3 is 20.4 Å². The van der Waals surface area contributed by atoms with Crippen LogP contribution in [-0.2, 0) is 0 Å². The smallest absolute Gasteiger partial charge is 0.255 e. The van der Waals surface area contributed by atoms with E-state index in [1.807, 2.05) is 55.5 Å². The fourth-order valence-corrected chi connectivity index (χ4v) is 4.44. The third kappa shape index (κ3) is 5.99. The molecule has 1 amide bonds. The largest absolute Gasteiger partial charge is 0.338 e. The van der Waals surface area contributed by atoms with Crippen molar-refractivity contribution in [1.82, 2.24) is 30.0 Å². The minimum absolute atomic E-state index is 0.144. The molecule has 184 valence electrons. The molecule has 0 saturated carbocycles. The van der Waals surface area contributed by atoms with Crippen LogP contribution in [0.1, 0.15) is 16.1 Å². The number of aromatic amines is 1. The van der Waals surface area contributed by atoms with Gasteiger partial charge in [0.2, 0.25) is 11.9 Å². The number of aromatic nitrogens is 5. The van der Waals surface area contributed by atoms with Gasteiger partial charge in [-0.1, -0.05) is 18.2 Å². The van der Waals surface area contributed by atoms with Gasteiger partial charge in [0.1, 0.15) is 0 Å². The number of benzene rings is 2. The first kappa shape index (κ1) is 23.8. The lowest BCUT2D eigenvalue weighted by Crippen LogP contribution is -2.45. The lowest BCUT2D eigenvalue weighted by Gasteiger charge is -2.32. The molecule has 1 saturated heterocycles. The molecule has 0 bridgehead atoms. The van der Waals surface area contributed by atoms with Gasteiger partial charge in [-0.2, -0.15) is 20.1 Å². The second kappa shape index (κ2) is 10.8. The molecule has 36 heavy (non-hydrogen) atoms. The van der Waals surface area contributed by atoms with Crippen molar-refractivity contribution in [3.8, 4) is 0 Å². The molecular weight excluding hydrogens is 474 g/mol. The van der Waals surface area contributed by atoms with Gasteiger partial charge in [0.15, 0.2) is 11.0 Å². The molecule has 2 aromatic carbocycles. The summed E-state index contributed by atoms with van der Waals surface area (Å²) >= 11 is 1.44. The first-order valence-corrected chi connectivity index (χ1v) is 12.5. The number of likely N-dealkylation sites (N-methyl/N-ethyl adjacent to an activating group) is 1. The summed E-state index contributed by atoms with van der Waals surface area (Å²) in [4.78, 5) is 31.9. The zero-order valence-electron chi connectivity index (χ0n) is 20.1. The van der Waals surface area contributed by atoms with E-state index in [0.29, 0.717) is 28.4 Å². The van der Waals surface area contributed by atoms with Crippen LogP contribution in [0.3, 0.4) is 0 Å². The van der Waals surface area contributed by atoms with Crippen molar-refractivity contribution in [2.45, 2.75) is 17.0 Å². The molecule has 0 unspecified atom stereocenters. The summed E-state index contributed by atoms with van der Waals surface area (Å²) in [6, 6.07) is 18.7. The van der Waals surface area contributed by atoms with Crippen molar-refractivity contribution in [3.05, 3.63) is 71.9 Å². The molecule has 0 spiro atoms. The molecule has 1 fully saturated rings. The average molecular weight is 502 g/mol. The fourth-order valence-electron chi connectivity index (χ4n) is 3.70. The van der Waals surface area contributed by atoms with Gasteiger partial charge in [0.05, 0.1) is 0 Å². The molecule has 4 aromatic rings. The van der Waals surface area contributed by atoms with Crippen LogP contribution in [0.25, 0.3) is 0 Å². The molecule has 11 heteroatoms. The van der Waals surface area contributed by atoms with Gasteiger partial charge in [-0.25, -0.2) is 0 Å². The number of hydrogen-bond acceptors (Lipinski definition) is 9. The van der Waals surface area contributed by atoms with Gasteiger partial charge in [0, 0.05) is 54.1 Å². The lowest BCUT2D eigenvalue weighted by molar-refractivity contribution is 0.102. The molecule has 2 aromatic heterocycles. The Bertz CT molecular complexity index is 1320. The van der Waals surface area contributed by atoms with Gasteiger partial charge in [0.25, 0.3) is 5.91 Å². The molecule has 3 N–H and O–H groups in total. The van der Waals surface area contributed by atoms with Crippen LogP contribution < -0.4 is 15.5 Å². The van der Waals surface area contributed by atoms with Crippen LogP contribution in [-0.4, -0.2) is 69.2 Å². The van der Waals surface area contributed by atoms with E-state index in [2.05, 4.69) is 47.6 Å². The monoisotopic (exact) mass is 501 g/mol. The second-order valence-corrected chi connectivity index (χ2v) is 9.58. The Hall–Kier alpha value is -3.96. The molecule has 1 aliphatic rings. The predicted octanol–water partition coefficient (Wildman–Crippen LogP) is 3.80. The number of H-pyrrole nitrogens is 1. The van der Waals surface area contributed by atoms with Gasteiger partial charge in [-0.3, -0.25) is 9.89 Å². The first-order valence-electron chi connectivity index (χ1n) is 11.6. The topological polar surface area (TPSA) is 115 Å². The summed E-state index contributed by atoms with van der Waals surface area (Å²) in [5, 5.41) is 13.8. The maximum Gasteiger partial charge on any atom is 0.255 e. The number of hydrogen-bond donors (Lipinski definition) is 3. The zero-order chi connectivity index (χ0) is 24.9. The van der Waals surface area contributed by atoms with Crippen LogP contribution in [0.2, 0.25) is 0 Å². The van der Waals surface area contributed by atoms with Crippen molar-refractivity contribution >= 4 is 41.1 Å². The normalized spacial score (nSPS) is 14.0.